The Morgan fingerprint density at radius 1 is 1.32 bits per heavy atom. The smallest absolute Gasteiger partial charge is 0.153 e. The van der Waals surface area contributed by atoms with Crippen molar-refractivity contribution in [2.24, 2.45) is 11.8 Å². The number of nitriles is 1. The SMILES string of the molecule is CN(c1ncnc2[nH]ccc12)C1CC(CS(=O)(=O)C2CC(C#N)C2)C1. The Bertz CT molecular complexity index is 920. The van der Waals surface area contributed by atoms with Gasteiger partial charge in [-0.3, -0.25) is 0 Å². The zero-order valence-electron chi connectivity index (χ0n) is 14.1. The van der Waals surface area contributed by atoms with Crippen LogP contribution >= 0.6 is 0 Å². The molecule has 0 radical (unpaired) electrons. The number of fused-ring (bicyclic) bond motifs is 1. The first-order valence-corrected chi connectivity index (χ1v) is 10.3. The Morgan fingerprint density at radius 2 is 2.08 bits per heavy atom. The summed E-state index contributed by atoms with van der Waals surface area (Å²) in [5, 5.41) is 9.50. The second-order valence-corrected chi connectivity index (χ2v) is 9.61. The van der Waals surface area contributed by atoms with E-state index in [1.807, 2.05) is 19.3 Å². The highest BCUT2D eigenvalue weighted by Crippen LogP contribution is 2.39. The van der Waals surface area contributed by atoms with Crippen molar-refractivity contribution in [1.82, 2.24) is 15.0 Å². The van der Waals surface area contributed by atoms with E-state index in [-0.39, 0.29) is 22.8 Å². The van der Waals surface area contributed by atoms with Gasteiger partial charge in [0.25, 0.3) is 0 Å². The lowest BCUT2D eigenvalue weighted by Crippen LogP contribution is -2.47. The zero-order valence-corrected chi connectivity index (χ0v) is 14.9. The summed E-state index contributed by atoms with van der Waals surface area (Å²) in [4.78, 5) is 13.8. The normalized spacial score (nSPS) is 28.8. The molecule has 1 N–H and O–H groups in total. The summed E-state index contributed by atoms with van der Waals surface area (Å²) >= 11 is 0. The van der Waals surface area contributed by atoms with Crippen LogP contribution in [0.3, 0.4) is 0 Å². The number of hydrogen-bond acceptors (Lipinski definition) is 6. The molecule has 2 aliphatic rings. The molecule has 0 amide bonds. The van der Waals surface area contributed by atoms with Gasteiger partial charge in [-0.25, -0.2) is 18.4 Å². The predicted molar refractivity (Wildman–Crippen MR) is 94.7 cm³/mol. The maximum absolute atomic E-state index is 12.4. The van der Waals surface area contributed by atoms with Crippen LogP contribution in [0.4, 0.5) is 5.82 Å². The van der Waals surface area contributed by atoms with Crippen LogP contribution in [0, 0.1) is 23.2 Å². The molecular weight excluding hydrogens is 338 g/mol. The van der Waals surface area contributed by atoms with Gasteiger partial charge in [0.2, 0.25) is 0 Å². The van der Waals surface area contributed by atoms with Crippen molar-refractivity contribution in [3.63, 3.8) is 0 Å². The highest BCUT2D eigenvalue weighted by Gasteiger charge is 2.42. The van der Waals surface area contributed by atoms with Crippen molar-refractivity contribution >= 4 is 26.7 Å². The van der Waals surface area contributed by atoms with Crippen molar-refractivity contribution in [2.75, 3.05) is 17.7 Å². The summed E-state index contributed by atoms with van der Waals surface area (Å²) in [7, 11) is -1.06. The Morgan fingerprint density at radius 3 is 2.80 bits per heavy atom. The molecule has 2 saturated carbocycles. The quantitative estimate of drug-likeness (QED) is 0.874. The number of sulfone groups is 1. The summed E-state index contributed by atoms with van der Waals surface area (Å²) in [6, 6.07) is 4.42. The zero-order chi connectivity index (χ0) is 17.6. The second-order valence-electron chi connectivity index (χ2n) is 7.29. The molecule has 132 valence electrons. The van der Waals surface area contributed by atoms with Crippen LogP contribution in [0.5, 0.6) is 0 Å². The third-order valence-corrected chi connectivity index (χ3v) is 8.02. The first-order chi connectivity index (χ1) is 12.0. The minimum Gasteiger partial charge on any atom is -0.356 e. The molecule has 0 saturated heterocycles. The lowest BCUT2D eigenvalue weighted by atomic mass is 9.80. The van der Waals surface area contributed by atoms with E-state index in [2.05, 4.69) is 25.9 Å². The van der Waals surface area contributed by atoms with Gasteiger partial charge < -0.3 is 9.88 Å². The highest BCUT2D eigenvalue weighted by molar-refractivity contribution is 7.92. The van der Waals surface area contributed by atoms with Gasteiger partial charge in [-0.05, 0) is 37.7 Å². The topological polar surface area (TPSA) is 103 Å². The van der Waals surface area contributed by atoms with Crippen LogP contribution in [0.1, 0.15) is 25.7 Å². The van der Waals surface area contributed by atoms with Crippen molar-refractivity contribution in [3.8, 4) is 6.07 Å². The van der Waals surface area contributed by atoms with Gasteiger partial charge >= 0.3 is 0 Å². The van der Waals surface area contributed by atoms with Gasteiger partial charge in [0.15, 0.2) is 9.84 Å². The van der Waals surface area contributed by atoms with Gasteiger partial charge in [-0.2, -0.15) is 5.26 Å². The fraction of sp³-hybridized carbons (Fsp3) is 0.588. The molecule has 0 aromatic carbocycles. The molecule has 2 fully saturated rings. The van der Waals surface area contributed by atoms with Crippen LogP contribution in [-0.2, 0) is 9.84 Å². The van der Waals surface area contributed by atoms with Crippen LogP contribution < -0.4 is 4.90 Å². The number of nitrogens with one attached hydrogen (secondary N) is 1. The van der Waals surface area contributed by atoms with E-state index in [9.17, 15) is 8.42 Å². The number of nitrogens with zero attached hydrogens (tertiary/aromatic N) is 4. The average molecular weight is 359 g/mol. The first kappa shape index (κ1) is 16.3. The maximum atomic E-state index is 12.4. The van der Waals surface area contributed by atoms with Crippen molar-refractivity contribution in [3.05, 3.63) is 18.6 Å². The van der Waals surface area contributed by atoms with E-state index in [1.165, 1.54) is 0 Å². The average Bonchev–Trinajstić information content (AvgIpc) is 2.97. The number of rotatable bonds is 5. The molecule has 0 unspecified atom stereocenters. The Hall–Kier alpha value is -2.14. The van der Waals surface area contributed by atoms with E-state index < -0.39 is 9.84 Å². The van der Waals surface area contributed by atoms with Crippen LogP contribution in [0.15, 0.2) is 18.6 Å². The molecular formula is C17H21N5O2S. The predicted octanol–water partition coefficient (Wildman–Crippen LogP) is 1.89. The van der Waals surface area contributed by atoms with Crippen LogP contribution in [-0.4, -0.2) is 47.5 Å². The molecule has 0 aliphatic heterocycles. The summed E-state index contributed by atoms with van der Waals surface area (Å²) in [6.07, 6.45) is 6.15. The Labute approximate surface area is 147 Å². The van der Waals surface area contributed by atoms with Crippen LogP contribution in [0.25, 0.3) is 11.0 Å². The summed E-state index contributed by atoms with van der Waals surface area (Å²) in [5.41, 5.74) is 0.812. The molecule has 25 heavy (non-hydrogen) atoms. The van der Waals surface area contributed by atoms with Gasteiger partial charge in [0.1, 0.15) is 17.8 Å². The largest absolute Gasteiger partial charge is 0.356 e. The summed E-state index contributed by atoms with van der Waals surface area (Å²) < 4.78 is 24.8. The molecule has 8 heteroatoms. The fourth-order valence-corrected chi connectivity index (χ4v) is 6.15. The molecule has 2 aromatic heterocycles. The number of anilines is 1. The first-order valence-electron chi connectivity index (χ1n) is 8.60. The number of aromatic nitrogens is 3. The second kappa shape index (κ2) is 5.99. The van der Waals surface area contributed by atoms with Crippen molar-refractivity contribution in [1.29, 1.82) is 5.26 Å². The molecule has 2 heterocycles. The van der Waals surface area contributed by atoms with Crippen molar-refractivity contribution in [2.45, 2.75) is 37.0 Å². The third kappa shape index (κ3) is 2.86. The maximum Gasteiger partial charge on any atom is 0.153 e. The van der Waals surface area contributed by atoms with E-state index in [4.69, 9.17) is 5.26 Å². The Kier molecular flexibility index (Phi) is 3.91. The van der Waals surface area contributed by atoms with E-state index in [1.54, 1.807) is 6.33 Å². The van der Waals surface area contributed by atoms with E-state index >= 15 is 0 Å². The van der Waals surface area contributed by atoms with Crippen LogP contribution in [0.2, 0.25) is 0 Å². The molecule has 2 aliphatic carbocycles. The number of aromatic amines is 1. The molecule has 2 aromatic rings. The van der Waals surface area contributed by atoms with Gasteiger partial charge in [-0.15, -0.1) is 0 Å². The lowest BCUT2D eigenvalue weighted by Gasteiger charge is -2.42. The number of H-pyrrole nitrogens is 1. The Balaban J connectivity index is 1.36. The monoisotopic (exact) mass is 359 g/mol. The minimum atomic E-state index is -3.07. The van der Waals surface area contributed by atoms with Gasteiger partial charge in [0, 0.05) is 25.2 Å². The van der Waals surface area contributed by atoms with E-state index in [0.717, 1.165) is 29.7 Å². The lowest BCUT2D eigenvalue weighted by molar-refractivity contribution is 0.279. The number of hydrogen-bond donors (Lipinski definition) is 1. The third-order valence-electron chi connectivity index (χ3n) is 5.68. The highest BCUT2D eigenvalue weighted by atomic mass is 32.2. The molecule has 0 bridgehead atoms. The molecule has 7 nitrogen and oxygen atoms in total. The fourth-order valence-electron chi connectivity index (χ4n) is 3.89. The van der Waals surface area contributed by atoms with Gasteiger partial charge in [0.05, 0.1) is 22.5 Å². The van der Waals surface area contributed by atoms with E-state index in [0.29, 0.717) is 18.9 Å². The minimum absolute atomic E-state index is 0.0680. The summed E-state index contributed by atoms with van der Waals surface area (Å²) in [6.45, 7) is 0. The molecule has 0 atom stereocenters. The molecule has 0 spiro atoms. The summed E-state index contributed by atoms with van der Waals surface area (Å²) in [5.74, 6) is 1.28. The standard InChI is InChI=1S/C17H21N5O2S/c1-22(17-15-2-3-19-16(15)20-10-21-17)13-4-12(5-13)9-25(23,24)14-6-11(7-14)8-18/h2-3,10-14H,4-7,9H2,1H3,(H,19,20,21). The van der Waals surface area contributed by atoms with Crippen molar-refractivity contribution < 1.29 is 8.42 Å². The molecule has 4 rings (SSSR count). The van der Waals surface area contributed by atoms with Gasteiger partial charge in [-0.1, -0.05) is 0 Å².